The summed E-state index contributed by atoms with van der Waals surface area (Å²) in [5, 5.41) is 4.11. The van der Waals surface area contributed by atoms with Crippen molar-refractivity contribution < 1.29 is 0 Å². The lowest BCUT2D eigenvalue weighted by atomic mass is 10.1. The van der Waals surface area contributed by atoms with Gasteiger partial charge in [0, 0.05) is 32.7 Å². The zero-order valence-corrected chi connectivity index (χ0v) is 8.96. The highest BCUT2D eigenvalue weighted by Crippen LogP contribution is 2.12. The van der Waals surface area contributed by atoms with Crippen LogP contribution in [0.3, 0.4) is 0 Å². The van der Waals surface area contributed by atoms with Crippen molar-refractivity contribution >= 4 is 0 Å². The van der Waals surface area contributed by atoms with Crippen LogP contribution in [0.15, 0.2) is 24.8 Å². The summed E-state index contributed by atoms with van der Waals surface area (Å²) in [6, 6.07) is -0.0748. The van der Waals surface area contributed by atoms with Gasteiger partial charge in [-0.1, -0.05) is 0 Å². The van der Waals surface area contributed by atoms with Gasteiger partial charge in [-0.25, -0.2) is 4.98 Å². The van der Waals surface area contributed by atoms with E-state index in [0.29, 0.717) is 0 Å². The third-order valence-corrected chi connectivity index (χ3v) is 2.40. The number of hydrogen-bond donors (Lipinski definition) is 1. The molecule has 15 heavy (non-hydrogen) atoms. The predicted molar refractivity (Wildman–Crippen MR) is 57.0 cm³/mol. The molecule has 0 amide bonds. The smallest absolute Gasteiger partial charge is 0.125 e. The summed E-state index contributed by atoms with van der Waals surface area (Å²) in [5.74, 6) is 0.902. The molecule has 2 aromatic heterocycles. The molecule has 0 radical (unpaired) electrons. The molecule has 5 nitrogen and oxygen atoms in total. The lowest BCUT2D eigenvalue weighted by Crippen LogP contribution is -2.17. The minimum Gasteiger partial charge on any atom is -0.337 e. The fraction of sp³-hybridized carbons (Fsp3) is 0.400. The van der Waals surface area contributed by atoms with E-state index in [2.05, 4.69) is 10.1 Å². The van der Waals surface area contributed by atoms with Crippen LogP contribution < -0.4 is 5.73 Å². The number of rotatable bonds is 3. The van der Waals surface area contributed by atoms with Crippen molar-refractivity contribution in [1.29, 1.82) is 0 Å². The van der Waals surface area contributed by atoms with Gasteiger partial charge in [0.15, 0.2) is 0 Å². The second-order valence-corrected chi connectivity index (χ2v) is 3.73. The van der Waals surface area contributed by atoms with Gasteiger partial charge >= 0.3 is 0 Å². The standard InChI is InChI=1S/C10H15N5/c1-14-4-3-12-10(14)9(11)5-8-6-13-15(2)7-8/h3-4,6-7,9H,5,11H2,1-2H3. The van der Waals surface area contributed by atoms with Gasteiger partial charge < -0.3 is 10.3 Å². The number of aryl methyl sites for hydroxylation is 2. The second kappa shape index (κ2) is 3.86. The first-order chi connectivity index (χ1) is 7.16. The highest BCUT2D eigenvalue weighted by molar-refractivity contribution is 5.09. The van der Waals surface area contributed by atoms with Gasteiger partial charge in [0.05, 0.1) is 12.2 Å². The summed E-state index contributed by atoms with van der Waals surface area (Å²) in [6.45, 7) is 0. The molecule has 80 valence electrons. The molecule has 2 rings (SSSR count). The minimum atomic E-state index is -0.0748. The van der Waals surface area contributed by atoms with E-state index in [1.807, 2.05) is 37.3 Å². The molecule has 0 saturated carbocycles. The number of nitrogens with two attached hydrogens (primary N) is 1. The van der Waals surface area contributed by atoms with Crippen LogP contribution in [0.5, 0.6) is 0 Å². The van der Waals surface area contributed by atoms with Gasteiger partial charge in [-0.2, -0.15) is 5.10 Å². The van der Waals surface area contributed by atoms with Crippen molar-refractivity contribution in [2.24, 2.45) is 19.8 Å². The van der Waals surface area contributed by atoms with Crippen molar-refractivity contribution in [1.82, 2.24) is 19.3 Å². The number of hydrogen-bond acceptors (Lipinski definition) is 3. The van der Waals surface area contributed by atoms with Gasteiger partial charge in [0.1, 0.15) is 5.82 Å². The highest BCUT2D eigenvalue weighted by atomic mass is 15.2. The van der Waals surface area contributed by atoms with Gasteiger partial charge in [0.2, 0.25) is 0 Å². The van der Waals surface area contributed by atoms with Crippen LogP contribution in [0.1, 0.15) is 17.4 Å². The highest BCUT2D eigenvalue weighted by Gasteiger charge is 2.12. The molecule has 2 N–H and O–H groups in total. The van der Waals surface area contributed by atoms with E-state index in [0.717, 1.165) is 17.8 Å². The van der Waals surface area contributed by atoms with E-state index in [1.165, 1.54) is 0 Å². The Hall–Kier alpha value is -1.62. The Labute approximate surface area is 88.5 Å². The Morgan fingerprint density at radius 3 is 2.80 bits per heavy atom. The maximum absolute atomic E-state index is 6.06. The van der Waals surface area contributed by atoms with Gasteiger partial charge in [-0.3, -0.25) is 4.68 Å². The fourth-order valence-electron chi connectivity index (χ4n) is 1.66. The van der Waals surface area contributed by atoms with Crippen molar-refractivity contribution in [3.05, 3.63) is 36.2 Å². The van der Waals surface area contributed by atoms with E-state index in [-0.39, 0.29) is 6.04 Å². The molecule has 0 saturated heterocycles. The summed E-state index contributed by atoms with van der Waals surface area (Å²) in [7, 11) is 3.85. The van der Waals surface area contributed by atoms with Crippen LogP contribution in [0.25, 0.3) is 0 Å². The average Bonchev–Trinajstić information content (AvgIpc) is 2.75. The van der Waals surface area contributed by atoms with Crippen LogP contribution in [0, 0.1) is 0 Å². The van der Waals surface area contributed by atoms with E-state index >= 15 is 0 Å². The molecule has 2 heterocycles. The zero-order valence-electron chi connectivity index (χ0n) is 8.96. The summed E-state index contributed by atoms with van der Waals surface area (Å²) >= 11 is 0. The first-order valence-corrected chi connectivity index (χ1v) is 4.87. The number of nitrogens with zero attached hydrogens (tertiary/aromatic N) is 4. The van der Waals surface area contributed by atoms with Crippen LogP contribution >= 0.6 is 0 Å². The summed E-state index contributed by atoms with van der Waals surface area (Å²) in [6.07, 6.45) is 8.24. The van der Waals surface area contributed by atoms with E-state index in [4.69, 9.17) is 5.73 Å². The third kappa shape index (κ3) is 2.07. The Morgan fingerprint density at radius 1 is 1.47 bits per heavy atom. The quantitative estimate of drug-likeness (QED) is 0.788. The maximum atomic E-state index is 6.06. The number of imidazole rings is 1. The molecule has 0 aliphatic heterocycles. The maximum Gasteiger partial charge on any atom is 0.125 e. The summed E-state index contributed by atoms with van der Waals surface area (Å²) < 4.78 is 3.72. The van der Waals surface area contributed by atoms with Crippen LogP contribution in [-0.4, -0.2) is 19.3 Å². The Morgan fingerprint density at radius 2 is 2.27 bits per heavy atom. The van der Waals surface area contributed by atoms with E-state index in [1.54, 1.807) is 10.9 Å². The van der Waals surface area contributed by atoms with Crippen LogP contribution in [0.2, 0.25) is 0 Å². The van der Waals surface area contributed by atoms with E-state index in [9.17, 15) is 0 Å². The molecule has 0 aromatic carbocycles. The van der Waals surface area contributed by atoms with Gasteiger partial charge in [0.25, 0.3) is 0 Å². The largest absolute Gasteiger partial charge is 0.337 e. The molecule has 1 unspecified atom stereocenters. The first kappa shape index (κ1) is 9.92. The van der Waals surface area contributed by atoms with Crippen molar-refractivity contribution in [3.8, 4) is 0 Å². The summed E-state index contributed by atoms with van der Waals surface area (Å²) in [5.41, 5.74) is 7.19. The Kier molecular flexibility index (Phi) is 2.55. The Balaban J connectivity index is 2.10. The Bertz CT molecular complexity index is 442. The van der Waals surface area contributed by atoms with E-state index < -0.39 is 0 Å². The normalized spacial score (nSPS) is 13.0. The van der Waals surface area contributed by atoms with Crippen LogP contribution in [-0.2, 0) is 20.5 Å². The lowest BCUT2D eigenvalue weighted by Gasteiger charge is -2.09. The van der Waals surface area contributed by atoms with Gasteiger partial charge in [-0.05, 0) is 12.0 Å². The molecule has 0 aliphatic carbocycles. The monoisotopic (exact) mass is 205 g/mol. The second-order valence-electron chi connectivity index (χ2n) is 3.73. The predicted octanol–water partition coefficient (Wildman–Crippen LogP) is 0.396. The first-order valence-electron chi connectivity index (χ1n) is 4.87. The number of aromatic nitrogens is 4. The SMILES string of the molecule is Cn1cc(CC(N)c2nccn2C)cn1. The lowest BCUT2D eigenvalue weighted by molar-refractivity contribution is 0.631. The molecule has 1 atom stereocenters. The molecule has 0 bridgehead atoms. The molecule has 0 aliphatic rings. The fourth-order valence-corrected chi connectivity index (χ4v) is 1.66. The molecule has 0 spiro atoms. The molecule has 0 fully saturated rings. The van der Waals surface area contributed by atoms with Crippen molar-refractivity contribution in [2.45, 2.75) is 12.5 Å². The molecular formula is C10H15N5. The molecule has 5 heteroatoms. The van der Waals surface area contributed by atoms with Crippen molar-refractivity contribution in [3.63, 3.8) is 0 Å². The minimum absolute atomic E-state index is 0.0748. The zero-order chi connectivity index (χ0) is 10.8. The topological polar surface area (TPSA) is 61.7 Å². The average molecular weight is 205 g/mol. The molecular weight excluding hydrogens is 190 g/mol. The third-order valence-electron chi connectivity index (χ3n) is 2.40. The summed E-state index contributed by atoms with van der Waals surface area (Å²) in [4.78, 5) is 4.23. The van der Waals surface area contributed by atoms with Crippen molar-refractivity contribution in [2.75, 3.05) is 0 Å². The van der Waals surface area contributed by atoms with Gasteiger partial charge in [-0.15, -0.1) is 0 Å². The molecule has 2 aromatic rings. The van der Waals surface area contributed by atoms with Crippen LogP contribution in [0.4, 0.5) is 0 Å².